The van der Waals surface area contributed by atoms with Crippen molar-refractivity contribution in [2.75, 3.05) is 12.8 Å². The number of nitriles is 1. The molecule has 0 radical (unpaired) electrons. The van der Waals surface area contributed by atoms with Gasteiger partial charge >= 0.3 is 0 Å². The highest BCUT2D eigenvalue weighted by Crippen LogP contribution is 2.12. The van der Waals surface area contributed by atoms with Gasteiger partial charge in [0.05, 0.1) is 11.6 Å². The molecule has 0 saturated heterocycles. The van der Waals surface area contributed by atoms with Crippen molar-refractivity contribution in [3.05, 3.63) is 65.2 Å². The normalized spacial score (nSPS) is 9.80. The number of carbonyl (C=O) groups is 1. The number of anilines is 1. The highest BCUT2D eigenvalue weighted by atomic mass is 16.2. The maximum Gasteiger partial charge on any atom is 0.253 e. The van der Waals surface area contributed by atoms with Crippen molar-refractivity contribution in [2.24, 2.45) is 0 Å². The van der Waals surface area contributed by atoms with Gasteiger partial charge < -0.3 is 10.6 Å². The van der Waals surface area contributed by atoms with Gasteiger partial charge in [-0.2, -0.15) is 5.26 Å². The molecule has 0 fully saturated rings. The van der Waals surface area contributed by atoms with E-state index in [4.69, 9.17) is 11.0 Å². The lowest BCUT2D eigenvalue weighted by molar-refractivity contribution is 0.0785. The largest absolute Gasteiger partial charge is 0.399 e. The Morgan fingerprint density at radius 3 is 2.55 bits per heavy atom. The molecule has 0 aromatic heterocycles. The van der Waals surface area contributed by atoms with Gasteiger partial charge in [-0.15, -0.1) is 0 Å². The summed E-state index contributed by atoms with van der Waals surface area (Å²) in [5, 5.41) is 8.74. The number of benzene rings is 2. The quantitative estimate of drug-likeness (QED) is 0.866. The number of nitrogens with zero attached hydrogens (tertiary/aromatic N) is 2. The van der Waals surface area contributed by atoms with Crippen molar-refractivity contribution in [3.63, 3.8) is 0 Å². The first kappa shape index (κ1) is 13.6. The predicted molar refractivity (Wildman–Crippen MR) is 77.8 cm³/mol. The van der Waals surface area contributed by atoms with Crippen LogP contribution in [0.25, 0.3) is 0 Å². The van der Waals surface area contributed by atoms with Gasteiger partial charge in [-0.3, -0.25) is 4.79 Å². The minimum Gasteiger partial charge on any atom is -0.399 e. The molecule has 0 aliphatic carbocycles. The first-order valence-electron chi connectivity index (χ1n) is 6.20. The second kappa shape index (κ2) is 5.89. The van der Waals surface area contributed by atoms with Gasteiger partial charge in [0.25, 0.3) is 5.91 Å². The monoisotopic (exact) mass is 265 g/mol. The summed E-state index contributed by atoms with van der Waals surface area (Å²) in [5.41, 5.74) is 8.49. The summed E-state index contributed by atoms with van der Waals surface area (Å²) in [6.45, 7) is 0.490. The summed E-state index contributed by atoms with van der Waals surface area (Å²) in [7, 11) is 1.74. The van der Waals surface area contributed by atoms with Crippen molar-refractivity contribution in [1.82, 2.24) is 4.90 Å². The van der Waals surface area contributed by atoms with Crippen LogP contribution < -0.4 is 5.73 Å². The van der Waals surface area contributed by atoms with Crippen molar-refractivity contribution < 1.29 is 4.79 Å². The lowest BCUT2D eigenvalue weighted by Crippen LogP contribution is -2.26. The van der Waals surface area contributed by atoms with Crippen LogP contribution in [0.4, 0.5) is 5.69 Å². The fourth-order valence-electron chi connectivity index (χ4n) is 1.94. The molecule has 0 saturated carbocycles. The van der Waals surface area contributed by atoms with Crippen LogP contribution in [-0.4, -0.2) is 17.9 Å². The lowest BCUT2D eigenvalue weighted by atomic mass is 10.1. The minimum atomic E-state index is -0.0862. The van der Waals surface area contributed by atoms with Crippen molar-refractivity contribution >= 4 is 11.6 Å². The van der Waals surface area contributed by atoms with Gasteiger partial charge in [0, 0.05) is 24.8 Å². The SMILES string of the molecule is CN(Cc1cccc(N)c1)C(=O)c1ccc(C#N)cc1. The Kier molecular flexibility index (Phi) is 4.02. The molecular weight excluding hydrogens is 250 g/mol. The zero-order valence-electron chi connectivity index (χ0n) is 11.2. The van der Waals surface area contributed by atoms with Crippen LogP contribution in [-0.2, 0) is 6.54 Å². The molecule has 2 rings (SSSR count). The van der Waals surface area contributed by atoms with E-state index in [0.717, 1.165) is 5.56 Å². The topological polar surface area (TPSA) is 70.1 Å². The molecule has 2 aromatic carbocycles. The number of hydrogen-bond acceptors (Lipinski definition) is 3. The Bertz CT molecular complexity index is 656. The molecule has 0 aliphatic heterocycles. The van der Waals surface area contributed by atoms with Gasteiger partial charge in [0.15, 0.2) is 0 Å². The Morgan fingerprint density at radius 1 is 1.25 bits per heavy atom. The zero-order chi connectivity index (χ0) is 14.5. The van der Waals surface area contributed by atoms with Crippen LogP contribution in [0.2, 0.25) is 0 Å². The van der Waals surface area contributed by atoms with Crippen LogP contribution >= 0.6 is 0 Å². The highest BCUT2D eigenvalue weighted by molar-refractivity contribution is 5.94. The molecule has 2 aromatic rings. The second-order valence-electron chi connectivity index (χ2n) is 4.60. The van der Waals surface area contributed by atoms with Crippen molar-refractivity contribution in [3.8, 4) is 6.07 Å². The Labute approximate surface area is 118 Å². The highest BCUT2D eigenvalue weighted by Gasteiger charge is 2.12. The molecule has 0 bridgehead atoms. The van der Waals surface area contributed by atoms with Crippen LogP contribution in [0.3, 0.4) is 0 Å². The Balaban J connectivity index is 2.10. The van der Waals surface area contributed by atoms with Crippen LogP contribution in [0.5, 0.6) is 0 Å². The molecule has 0 heterocycles. The van der Waals surface area contributed by atoms with Gasteiger partial charge in [0.1, 0.15) is 0 Å². The van der Waals surface area contributed by atoms with E-state index in [9.17, 15) is 4.79 Å². The lowest BCUT2D eigenvalue weighted by Gasteiger charge is -2.17. The summed E-state index contributed by atoms with van der Waals surface area (Å²) in [5.74, 6) is -0.0862. The molecule has 100 valence electrons. The maximum absolute atomic E-state index is 12.2. The number of carbonyl (C=O) groups excluding carboxylic acids is 1. The van der Waals surface area contributed by atoms with E-state index in [0.29, 0.717) is 23.4 Å². The number of rotatable bonds is 3. The molecular formula is C16H15N3O. The average molecular weight is 265 g/mol. The van der Waals surface area contributed by atoms with Crippen LogP contribution in [0, 0.1) is 11.3 Å². The van der Waals surface area contributed by atoms with E-state index < -0.39 is 0 Å². The van der Waals surface area contributed by atoms with Gasteiger partial charge in [-0.1, -0.05) is 12.1 Å². The Hall–Kier alpha value is -2.80. The van der Waals surface area contributed by atoms with E-state index >= 15 is 0 Å². The molecule has 2 N–H and O–H groups in total. The maximum atomic E-state index is 12.2. The number of nitrogen functional groups attached to an aromatic ring is 1. The van der Waals surface area contributed by atoms with E-state index in [-0.39, 0.29) is 5.91 Å². The van der Waals surface area contributed by atoms with Gasteiger partial charge in [0.2, 0.25) is 0 Å². The molecule has 0 unspecified atom stereocenters. The molecule has 4 nitrogen and oxygen atoms in total. The van der Waals surface area contributed by atoms with Gasteiger partial charge in [-0.25, -0.2) is 0 Å². The van der Waals surface area contributed by atoms with Crippen molar-refractivity contribution in [1.29, 1.82) is 5.26 Å². The Morgan fingerprint density at radius 2 is 1.95 bits per heavy atom. The molecule has 1 amide bonds. The van der Waals surface area contributed by atoms with Crippen molar-refractivity contribution in [2.45, 2.75) is 6.54 Å². The number of hydrogen-bond donors (Lipinski definition) is 1. The van der Waals surface area contributed by atoms with E-state index in [1.165, 1.54) is 0 Å². The number of amides is 1. The van der Waals surface area contributed by atoms with Crippen LogP contribution in [0.1, 0.15) is 21.5 Å². The second-order valence-corrected chi connectivity index (χ2v) is 4.60. The summed E-state index contributed by atoms with van der Waals surface area (Å²) in [4.78, 5) is 13.9. The summed E-state index contributed by atoms with van der Waals surface area (Å²) in [6, 6.07) is 16.1. The van der Waals surface area contributed by atoms with Crippen LogP contribution in [0.15, 0.2) is 48.5 Å². The predicted octanol–water partition coefficient (Wildman–Crippen LogP) is 2.41. The fourth-order valence-corrected chi connectivity index (χ4v) is 1.94. The molecule has 0 spiro atoms. The summed E-state index contributed by atoms with van der Waals surface area (Å²) >= 11 is 0. The fraction of sp³-hybridized carbons (Fsp3) is 0.125. The summed E-state index contributed by atoms with van der Waals surface area (Å²) in [6.07, 6.45) is 0. The molecule has 4 heteroatoms. The minimum absolute atomic E-state index is 0.0862. The smallest absolute Gasteiger partial charge is 0.253 e. The summed E-state index contributed by atoms with van der Waals surface area (Å²) < 4.78 is 0. The third kappa shape index (κ3) is 3.15. The third-order valence-electron chi connectivity index (χ3n) is 2.98. The average Bonchev–Trinajstić information content (AvgIpc) is 2.46. The number of nitrogens with two attached hydrogens (primary N) is 1. The van der Waals surface area contributed by atoms with Gasteiger partial charge in [-0.05, 0) is 42.0 Å². The third-order valence-corrected chi connectivity index (χ3v) is 2.98. The standard InChI is InChI=1S/C16H15N3O/c1-19(11-13-3-2-4-15(18)9-13)16(20)14-7-5-12(10-17)6-8-14/h2-9H,11,18H2,1H3. The first-order chi connectivity index (χ1) is 9.60. The van der Waals surface area contributed by atoms with E-state index in [1.54, 1.807) is 36.2 Å². The molecule has 20 heavy (non-hydrogen) atoms. The van der Waals surface area contributed by atoms with E-state index in [2.05, 4.69) is 0 Å². The zero-order valence-corrected chi connectivity index (χ0v) is 11.2. The molecule has 0 aliphatic rings. The molecule has 0 atom stereocenters. The van der Waals surface area contributed by atoms with E-state index in [1.807, 2.05) is 30.3 Å². The first-order valence-corrected chi connectivity index (χ1v) is 6.20.